The number of nitrogens with zero attached hydrogens (tertiary/aromatic N) is 1. The van der Waals surface area contributed by atoms with Gasteiger partial charge in [-0.25, -0.2) is 4.79 Å². The van der Waals surface area contributed by atoms with Crippen LogP contribution in [-0.4, -0.2) is 22.7 Å². The summed E-state index contributed by atoms with van der Waals surface area (Å²) in [5, 5.41) is 1.95. The quantitative estimate of drug-likeness (QED) is 0.582. The van der Waals surface area contributed by atoms with Crippen molar-refractivity contribution in [3.05, 3.63) is 34.9 Å². The Balaban J connectivity index is 2.22. The van der Waals surface area contributed by atoms with Crippen LogP contribution >= 0.6 is 0 Å². The number of amides is 4. The number of hydrogen-bond acceptors (Lipinski definition) is 4. The van der Waals surface area contributed by atoms with Gasteiger partial charge in [-0.2, -0.15) is 0 Å². The van der Waals surface area contributed by atoms with Crippen LogP contribution in [0.3, 0.4) is 0 Å². The molecule has 0 spiro atoms. The second-order valence-electron chi connectivity index (χ2n) is 4.12. The maximum absolute atomic E-state index is 11.4. The Morgan fingerprint density at radius 2 is 2.00 bits per heavy atom. The Morgan fingerprint density at radius 3 is 2.56 bits per heavy atom. The van der Waals surface area contributed by atoms with Crippen LogP contribution in [0.25, 0.3) is 0 Å². The molecule has 1 fully saturated rings. The maximum Gasteiger partial charge on any atom is 0.331 e. The van der Waals surface area contributed by atoms with E-state index in [0.29, 0.717) is 6.54 Å². The van der Waals surface area contributed by atoms with E-state index in [2.05, 4.69) is 0 Å². The van der Waals surface area contributed by atoms with Crippen molar-refractivity contribution in [3.8, 4) is 0 Å². The molecular formula is C12H13N3O3. The van der Waals surface area contributed by atoms with E-state index in [1.54, 1.807) is 6.07 Å². The summed E-state index contributed by atoms with van der Waals surface area (Å²) in [5.41, 5.74) is 8.35. The van der Waals surface area contributed by atoms with Gasteiger partial charge in [-0.05, 0) is 23.6 Å². The fourth-order valence-corrected chi connectivity index (χ4v) is 1.80. The minimum atomic E-state index is -0.883. The van der Waals surface area contributed by atoms with Gasteiger partial charge in [0.25, 0.3) is 0 Å². The molecule has 4 amide bonds. The second kappa shape index (κ2) is 4.58. The van der Waals surface area contributed by atoms with Gasteiger partial charge in [0.1, 0.15) is 0 Å². The number of nitrogens with two attached hydrogens (primary N) is 1. The van der Waals surface area contributed by atoms with E-state index in [4.69, 9.17) is 5.73 Å². The number of hydrogen-bond donors (Lipinski definition) is 2. The lowest BCUT2D eigenvalue weighted by Gasteiger charge is -2.13. The summed E-state index contributed by atoms with van der Waals surface area (Å²) in [6.07, 6.45) is 0. The van der Waals surface area contributed by atoms with Crippen molar-refractivity contribution in [2.24, 2.45) is 5.73 Å². The van der Waals surface area contributed by atoms with E-state index in [1.807, 2.05) is 24.4 Å². The molecule has 6 nitrogen and oxygen atoms in total. The lowest BCUT2D eigenvalue weighted by atomic mass is 10.0. The lowest BCUT2D eigenvalue weighted by Crippen LogP contribution is -2.30. The first-order valence-corrected chi connectivity index (χ1v) is 5.48. The van der Waals surface area contributed by atoms with Crippen molar-refractivity contribution in [2.45, 2.75) is 20.0 Å². The van der Waals surface area contributed by atoms with Crippen LogP contribution in [0.4, 0.5) is 4.79 Å². The standard InChI is InChI=1S/C12H13N3O3/c1-7-2-3-8(4-9(7)5-13)6-15-11(17)10(16)14-12(15)18/h2-4H,5-6,13H2,1H3,(H,14,16,18). The van der Waals surface area contributed by atoms with Crippen LogP contribution in [0.1, 0.15) is 16.7 Å². The molecule has 0 aliphatic carbocycles. The highest BCUT2D eigenvalue weighted by molar-refractivity contribution is 6.44. The van der Waals surface area contributed by atoms with Crippen LogP contribution < -0.4 is 11.1 Å². The van der Waals surface area contributed by atoms with Gasteiger partial charge in [0.05, 0.1) is 6.54 Å². The molecule has 0 atom stereocenters. The van der Waals surface area contributed by atoms with Gasteiger partial charge in [0, 0.05) is 6.54 Å². The zero-order valence-corrected chi connectivity index (χ0v) is 9.90. The molecule has 3 N–H and O–H groups in total. The molecule has 1 aromatic carbocycles. The van der Waals surface area contributed by atoms with Gasteiger partial charge in [-0.1, -0.05) is 18.2 Å². The topological polar surface area (TPSA) is 92.5 Å². The number of rotatable bonds is 3. The molecule has 2 rings (SSSR count). The average molecular weight is 247 g/mol. The zero-order valence-electron chi connectivity index (χ0n) is 9.90. The summed E-state index contributed by atoms with van der Waals surface area (Å²) in [4.78, 5) is 34.7. The molecular weight excluding hydrogens is 234 g/mol. The average Bonchev–Trinajstić information content (AvgIpc) is 2.58. The Kier molecular flexibility index (Phi) is 3.12. The van der Waals surface area contributed by atoms with Crippen molar-refractivity contribution in [1.29, 1.82) is 0 Å². The number of urea groups is 1. The van der Waals surface area contributed by atoms with E-state index >= 15 is 0 Å². The summed E-state index contributed by atoms with van der Waals surface area (Å²) < 4.78 is 0. The first-order chi connectivity index (χ1) is 8.52. The zero-order chi connectivity index (χ0) is 13.3. The summed E-state index contributed by atoms with van der Waals surface area (Å²) in [6.45, 7) is 2.39. The Bertz CT molecular complexity index is 539. The number of nitrogens with one attached hydrogen (secondary N) is 1. The van der Waals surface area contributed by atoms with Crippen LogP contribution in [0.15, 0.2) is 18.2 Å². The molecule has 0 unspecified atom stereocenters. The predicted molar refractivity (Wildman–Crippen MR) is 63.2 cm³/mol. The summed E-state index contributed by atoms with van der Waals surface area (Å²) >= 11 is 0. The Morgan fingerprint density at radius 1 is 1.28 bits per heavy atom. The van der Waals surface area contributed by atoms with E-state index in [-0.39, 0.29) is 6.54 Å². The van der Waals surface area contributed by atoms with Gasteiger partial charge in [-0.3, -0.25) is 19.8 Å². The minimum Gasteiger partial charge on any atom is -0.326 e. The minimum absolute atomic E-state index is 0.0731. The summed E-state index contributed by atoms with van der Waals surface area (Å²) in [7, 11) is 0. The number of carbonyl (C=O) groups is 3. The molecule has 1 aromatic rings. The molecule has 18 heavy (non-hydrogen) atoms. The molecule has 1 aliphatic rings. The van der Waals surface area contributed by atoms with E-state index in [9.17, 15) is 14.4 Å². The largest absolute Gasteiger partial charge is 0.331 e. The SMILES string of the molecule is Cc1ccc(CN2C(=O)NC(=O)C2=O)cc1CN. The fourth-order valence-electron chi connectivity index (χ4n) is 1.80. The van der Waals surface area contributed by atoms with E-state index < -0.39 is 17.8 Å². The lowest BCUT2D eigenvalue weighted by molar-refractivity contribution is -0.140. The first-order valence-electron chi connectivity index (χ1n) is 5.48. The third kappa shape index (κ3) is 2.10. The third-order valence-electron chi connectivity index (χ3n) is 2.88. The summed E-state index contributed by atoms with van der Waals surface area (Å²) in [5.74, 6) is -1.71. The van der Waals surface area contributed by atoms with E-state index in [0.717, 1.165) is 21.6 Å². The van der Waals surface area contributed by atoms with Crippen molar-refractivity contribution in [2.75, 3.05) is 0 Å². The smallest absolute Gasteiger partial charge is 0.326 e. The normalized spacial score (nSPS) is 15.2. The highest BCUT2D eigenvalue weighted by Crippen LogP contribution is 2.14. The van der Waals surface area contributed by atoms with Crippen LogP contribution in [0.2, 0.25) is 0 Å². The molecule has 0 bridgehead atoms. The highest BCUT2D eigenvalue weighted by Gasteiger charge is 2.36. The van der Waals surface area contributed by atoms with Crippen molar-refractivity contribution >= 4 is 17.8 Å². The van der Waals surface area contributed by atoms with Crippen LogP contribution in [0.5, 0.6) is 0 Å². The third-order valence-corrected chi connectivity index (χ3v) is 2.88. The molecule has 0 saturated carbocycles. The fraction of sp³-hybridized carbons (Fsp3) is 0.250. The Labute approximate surface area is 104 Å². The molecule has 1 saturated heterocycles. The van der Waals surface area contributed by atoms with Crippen LogP contribution in [-0.2, 0) is 22.7 Å². The first kappa shape index (κ1) is 12.3. The van der Waals surface area contributed by atoms with E-state index in [1.165, 1.54) is 0 Å². The maximum atomic E-state index is 11.4. The second-order valence-corrected chi connectivity index (χ2v) is 4.12. The molecule has 1 aliphatic heterocycles. The molecule has 0 aromatic heterocycles. The van der Waals surface area contributed by atoms with Gasteiger partial charge in [0.2, 0.25) is 0 Å². The Hall–Kier alpha value is -2.21. The predicted octanol–water partition coefficient (Wildman–Crippen LogP) is 0.0321. The number of benzene rings is 1. The van der Waals surface area contributed by atoms with Crippen molar-refractivity contribution < 1.29 is 14.4 Å². The number of carbonyl (C=O) groups excluding carboxylic acids is 3. The molecule has 0 radical (unpaired) electrons. The van der Waals surface area contributed by atoms with Crippen molar-refractivity contribution in [3.63, 3.8) is 0 Å². The van der Waals surface area contributed by atoms with Gasteiger partial charge in [-0.15, -0.1) is 0 Å². The monoisotopic (exact) mass is 247 g/mol. The summed E-state index contributed by atoms with van der Waals surface area (Å²) in [6, 6.07) is 4.83. The van der Waals surface area contributed by atoms with Crippen LogP contribution in [0, 0.1) is 6.92 Å². The molecule has 94 valence electrons. The van der Waals surface area contributed by atoms with Gasteiger partial charge in [0.15, 0.2) is 0 Å². The van der Waals surface area contributed by atoms with Gasteiger partial charge >= 0.3 is 17.8 Å². The van der Waals surface area contributed by atoms with Crippen molar-refractivity contribution in [1.82, 2.24) is 10.2 Å². The van der Waals surface area contributed by atoms with Gasteiger partial charge < -0.3 is 5.73 Å². The molecule has 1 heterocycles. The molecule has 6 heteroatoms. The number of aryl methyl sites for hydroxylation is 1. The number of imide groups is 2. The highest BCUT2D eigenvalue weighted by atomic mass is 16.2.